The Morgan fingerprint density at radius 3 is 2.17 bits per heavy atom. The molecule has 0 saturated heterocycles. The average molecular weight is 381 g/mol. The third-order valence-electron chi connectivity index (χ3n) is 5.85. The largest absolute Gasteiger partial charge is 0.508 e. The molecular weight excluding hydrogens is 358 g/mol. The van der Waals surface area contributed by atoms with Gasteiger partial charge in [0.25, 0.3) is 0 Å². The Morgan fingerprint density at radius 1 is 0.759 bits per heavy atom. The normalized spacial score (nSPS) is 18.8. The second kappa shape index (κ2) is 7.59. The maximum atomic E-state index is 9.82. The first-order valence-corrected chi connectivity index (χ1v) is 10.2. The molecule has 5 rings (SSSR count). The molecule has 1 aromatic heterocycles. The zero-order valence-electron chi connectivity index (χ0n) is 16.2. The Balaban J connectivity index is 1.49. The van der Waals surface area contributed by atoms with Gasteiger partial charge in [-0.1, -0.05) is 72.8 Å². The van der Waals surface area contributed by atoms with Gasteiger partial charge in [-0.2, -0.15) is 0 Å². The van der Waals surface area contributed by atoms with Gasteiger partial charge in [-0.15, -0.1) is 0 Å². The van der Waals surface area contributed by atoms with Gasteiger partial charge in [0.2, 0.25) is 0 Å². The Morgan fingerprint density at radius 2 is 1.45 bits per heavy atom. The van der Waals surface area contributed by atoms with Crippen LogP contribution in [-0.4, -0.2) is 10.1 Å². The molecule has 1 fully saturated rings. The minimum Gasteiger partial charge on any atom is -0.508 e. The summed E-state index contributed by atoms with van der Waals surface area (Å²) >= 11 is 0. The highest BCUT2D eigenvalue weighted by molar-refractivity contribution is 5.76. The van der Waals surface area contributed by atoms with Gasteiger partial charge in [-0.3, -0.25) is 0 Å². The van der Waals surface area contributed by atoms with Crippen molar-refractivity contribution in [1.82, 2.24) is 4.98 Å². The lowest BCUT2D eigenvalue weighted by Crippen LogP contribution is -1.96. The van der Waals surface area contributed by atoms with Gasteiger partial charge < -0.3 is 9.52 Å². The van der Waals surface area contributed by atoms with Crippen LogP contribution >= 0.6 is 0 Å². The number of oxazole rings is 1. The van der Waals surface area contributed by atoms with Gasteiger partial charge in [0.05, 0.1) is 0 Å². The third kappa shape index (κ3) is 3.56. The van der Waals surface area contributed by atoms with E-state index in [1.165, 1.54) is 5.56 Å². The van der Waals surface area contributed by atoms with E-state index in [9.17, 15) is 5.11 Å². The van der Waals surface area contributed by atoms with Crippen molar-refractivity contribution in [3.8, 4) is 28.3 Å². The van der Waals surface area contributed by atoms with E-state index in [1.807, 2.05) is 48.5 Å². The monoisotopic (exact) mass is 381 g/mol. The summed E-state index contributed by atoms with van der Waals surface area (Å²) in [6, 6.07) is 28.1. The van der Waals surface area contributed by atoms with Crippen LogP contribution < -0.4 is 0 Å². The lowest BCUT2D eigenvalue weighted by molar-refractivity contribution is 0.454. The van der Waals surface area contributed by atoms with Crippen LogP contribution in [0.5, 0.6) is 5.75 Å². The lowest BCUT2D eigenvalue weighted by Gasteiger charge is -2.10. The van der Waals surface area contributed by atoms with Crippen molar-refractivity contribution in [3.05, 3.63) is 96.4 Å². The summed E-state index contributed by atoms with van der Waals surface area (Å²) in [7, 11) is 0. The fourth-order valence-corrected chi connectivity index (χ4v) is 4.38. The van der Waals surface area contributed by atoms with E-state index in [0.29, 0.717) is 17.6 Å². The molecule has 3 nitrogen and oxygen atoms in total. The number of hydrogen-bond donors (Lipinski definition) is 1. The number of aromatic hydroxyl groups is 1. The second-order valence-corrected chi connectivity index (χ2v) is 7.76. The summed E-state index contributed by atoms with van der Waals surface area (Å²) in [5.74, 6) is 2.72. The quantitative estimate of drug-likeness (QED) is 0.424. The average Bonchev–Trinajstić information content (AvgIpc) is 3.43. The number of aromatic nitrogens is 1. The molecule has 0 radical (unpaired) electrons. The fraction of sp³-hybridized carbons (Fsp3) is 0.192. The SMILES string of the molecule is Oc1cccc(C2CCC(c3nc(-c4ccccc4)c(-c4ccccc4)o3)C2)c1. The van der Waals surface area contributed by atoms with Crippen molar-refractivity contribution in [2.75, 3.05) is 0 Å². The number of rotatable bonds is 4. The van der Waals surface area contributed by atoms with E-state index in [-0.39, 0.29) is 0 Å². The van der Waals surface area contributed by atoms with Crippen molar-refractivity contribution < 1.29 is 9.52 Å². The summed E-state index contributed by atoms with van der Waals surface area (Å²) in [6.07, 6.45) is 3.12. The highest BCUT2D eigenvalue weighted by Crippen LogP contribution is 2.45. The highest BCUT2D eigenvalue weighted by Gasteiger charge is 2.31. The number of nitrogens with zero attached hydrogens (tertiary/aromatic N) is 1. The van der Waals surface area contributed by atoms with Crippen LogP contribution in [-0.2, 0) is 0 Å². The maximum absolute atomic E-state index is 9.82. The molecule has 0 bridgehead atoms. The van der Waals surface area contributed by atoms with E-state index < -0.39 is 0 Å². The summed E-state index contributed by atoms with van der Waals surface area (Å²) in [5.41, 5.74) is 4.23. The van der Waals surface area contributed by atoms with Crippen molar-refractivity contribution in [3.63, 3.8) is 0 Å². The molecule has 1 saturated carbocycles. The maximum Gasteiger partial charge on any atom is 0.198 e. The van der Waals surface area contributed by atoms with E-state index in [1.54, 1.807) is 6.07 Å². The van der Waals surface area contributed by atoms with Gasteiger partial charge >= 0.3 is 0 Å². The van der Waals surface area contributed by atoms with Gasteiger partial charge in [0.1, 0.15) is 11.4 Å². The molecule has 144 valence electrons. The summed E-state index contributed by atoms with van der Waals surface area (Å²) < 4.78 is 6.39. The van der Waals surface area contributed by atoms with Crippen molar-refractivity contribution in [2.45, 2.75) is 31.1 Å². The van der Waals surface area contributed by atoms with Crippen LogP contribution in [0.1, 0.15) is 42.6 Å². The predicted molar refractivity (Wildman–Crippen MR) is 115 cm³/mol. The van der Waals surface area contributed by atoms with Crippen LogP contribution in [0, 0.1) is 0 Å². The fourth-order valence-electron chi connectivity index (χ4n) is 4.38. The molecule has 3 aromatic carbocycles. The van der Waals surface area contributed by atoms with Crippen LogP contribution in [0.3, 0.4) is 0 Å². The van der Waals surface area contributed by atoms with Crippen molar-refractivity contribution >= 4 is 0 Å². The van der Waals surface area contributed by atoms with Gasteiger partial charge in [-0.25, -0.2) is 4.98 Å². The number of phenols is 1. The lowest BCUT2D eigenvalue weighted by atomic mass is 9.96. The first-order chi connectivity index (χ1) is 14.3. The molecule has 1 N–H and O–H groups in total. The minimum absolute atomic E-state index is 0.294. The van der Waals surface area contributed by atoms with Crippen molar-refractivity contribution in [1.29, 1.82) is 0 Å². The number of benzene rings is 3. The Labute approximate surface area is 170 Å². The summed E-state index contributed by atoms with van der Waals surface area (Å²) in [5, 5.41) is 9.82. The van der Waals surface area contributed by atoms with Gasteiger partial charge in [0.15, 0.2) is 11.7 Å². The molecule has 3 heteroatoms. The van der Waals surface area contributed by atoms with Crippen LogP contribution in [0.25, 0.3) is 22.6 Å². The van der Waals surface area contributed by atoms with Crippen LogP contribution in [0.2, 0.25) is 0 Å². The molecular formula is C26H23NO2. The van der Waals surface area contributed by atoms with Crippen LogP contribution in [0.4, 0.5) is 0 Å². The Bertz CT molecular complexity index is 1050. The molecule has 1 aliphatic rings. The molecule has 2 atom stereocenters. The minimum atomic E-state index is 0.294. The standard InChI is InChI=1S/C26H23NO2/c28-23-13-7-12-20(17-23)21-14-15-22(16-21)26-27-24(18-8-3-1-4-9-18)25(29-26)19-10-5-2-6-11-19/h1-13,17,21-22,28H,14-16H2. The third-order valence-corrected chi connectivity index (χ3v) is 5.85. The smallest absolute Gasteiger partial charge is 0.198 e. The van der Waals surface area contributed by atoms with E-state index in [4.69, 9.17) is 9.40 Å². The predicted octanol–water partition coefficient (Wildman–Crippen LogP) is 6.77. The van der Waals surface area contributed by atoms with Crippen molar-refractivity contribution in [2.24, 2.45) is 0 Å². The molecule has 0 amide bonds. The molecule has 4 aromatic rings. The first kappa shape index (κ1) is 17.7. The zero-order chi connectivity index (χ0) is 19.6. The number of phenolic OH excluding ortho intramolecular Hbond substituents is 1. The summed E-state index contributed by atoms with van der Waals surface area (Å²) in [6.45, 7) is 0. The second-order valence-electron chi connectivity index (χ2n) is 7.76. The highest BCUT2D eigenvalue weighted by atomic mass is 16.4. The number of hydrogen-bond acceptors (Lipinski definition) is 3. The first-order valence-electron chi connectivity index (χ1n) is 10.2. The summed E-state index contributed by atoms with van der Waals surface area (Å²) in [4.78, 5) is 4.97. The van der Waals surface area contributed by atoms with E-state index >= 15 is 0 Å². The van der Waals surface area contributed by atoms with Crippen LogP contribution in [0.15, 0.2) is 89.3 Å². The topological polar surface area (TPSA) is 46.3 Å². The molecule has 2 unspecified atom stereocenters. The van der Waals surface area contributed by atoms with Gasteiger partial charge in [-0.05, 0) is 42.9 Å². The van der Waals surface area contributed by atoms with E-state index in [0.717, 1.165) is 47.7 Å². The molecule has 1 aliphatic carbocycles. The molecule has 0 aliphatic heterocycles. The molecule has 1 heterocycles. The molecule has 0 spiro atoms. The van der Waals surface area contributed by atoms with Gasteiger partial charge in [0, 0.05) is 17.0 Å². The zero-order valence-corrected chi connectivity index (χ0v) is 16.2. The Hall–Kier alpha value is -3.33. The molecule has 29 heavy (non-hydrogen) atoms. The Kier molecular flexibility index (Phi) is 4.65. The van der Waals surface area contributed by atoms with E-state index in [2.05, 4.69) is 30.3 Å².